The second-order valence-electron chi connectivity index (χ2n) is 10.4. The first-order chi connectivity index (χ1) is 13.8. The van der Waals surface area contributed by atoms with Crippen molar-refractivity contribution in [2.24, 2.45) is 28.6 Å². The van der Waals surface area contributed by atoms with Gasteiger partial charge in [-0.05, 0) is 92.8 Å². The first-order valence-corrected chi connectivity index (χ1v) is 11.5. The van der Waals surface area contributed by atoms with Crippen LogP contribution in [0, 0.1) is 28.6 Å². The lowest BCUT2D eigenvalue weighted by molar-refractivity contribution is -0.130. The third-order valence-corrected chi connectivity index (χ3v) is 9.03. The van der Waals surface area contributed by atoms with Gasteiger partial charge in [-0.25, -0.2) is 0 Å². The highest BCUT2D eigenvalue weighted by Gasteiger charge is 2.59. The Morgan fingerprint density at radius 2 is 2.00 bits per heavy atom. The molecule has 4 aliphatic carbocycles. The summed E-state index contributed by atoms with van der Waals surface area (Å²) in [5.41, 5.74) is 3.40. The van der Waals surface area contributed by atoms with Crippen molar-refractivity contribution in [1.29, 1.82) is 0 Å². The van der Waals surface area contributed by atoms with Crippen LogP contribution in [0.4, 0.5) is 0 Å². The summed E-state index contributed by atoms with van der Waals surface area (Å²) in [6.07, 6.45) is 13.3. The Morgan fingerprint density at radius 3 is 2.76 bits per heavy atom. The van der Waals surface area contributed by atoms with Crippen LogP contribution in [0.3, 0.4) is 0 Å². The van der Waals surface area contributed by atoms with Gasteiger partial charge in [-0.15, -0.1) is 0 Å². The molecule has 0 amide bonds. The number of Topliss-reactive ketones (excluding diaryl/α,β-unsaturated/α-hetero) is 1. The van der Waals surface area contributed by atoms with Gasteiger partial charge < -0.3 is 5.11 Å². The summed E-state index contributed by atoms with van der Waals surface area (Å²) in [4.78, 5) is 13.5. The van der Waals surface area contributed by atoms with Crippen LogP contribution in [-0.4, -0.2) is 26.8 Å². The molecule has 0 spiro atoms. The minimum absolute atomic E-state index is 0.162. The summed E-state index contributed by atoms with van der Waals surface area (Å²) in [6.45, 7) is 7.60. The van der Waals surface area contributed by atoms with Crippen LogP contribution in [0.2, 0.25) is 0 Å². The van der Waals surface area contributed by atoms with E-state index in [1.807, 2.05) is 16.9 Å². The van der Waals surface area contributed by atoms with Crippen LogP contribution in [-0.2, 0) is 11.3 Å². The van der Waals surface area contributed by atoms with E-state index in [-0.39, 0.29) is 16.9 Å². The zero-order chi connectivity index (χ0) is 20.4. The number of aromatic nitrogens is 2. The Morgan fingerprint density at radius 1 is 1.21 bits per heavy atom. The molecule has 4 heteroatoms. The monoisotopic (exact) mass is 394 g/mol. The van der Waals surface area contributed by atoms with Crippen LogP contribution in [0.25, 0.3) is 6.08 Å². The number of hydrogen-bond acceptors (Lipinski definition) is 3. The number of carbonyl (C=O) groups is 1. The number of ketones is 1. The van der Waals surface area contributed by atoms with Crippen molar-refractivity contribution in [2.45, 2.75) is 78.4 Å². The first-order valence-electron chi connectivity index (χ1n) is 11.5. The zero-order valence-corrected chi connectivity index (χ0v) is 18.0. The summed E-state index contributed by atoms with van der Waals surface area (Å²) in [5, 5.41) is 14.8. The summed E-state index contributed by atoms with van der Waals surface area (Å²) in [7, 11) is 0. The normalized spacial score (nSPS) is 43.0. The zero-order valence-electron chi connectivity index (χ0n) is 18.0. The second kappa shape index (κ2) is 6.66. The van der Waals surface area contributed by atoms with E-state index in [1.165, 1.54) is 5.57 Å². The molecule has 6 atom stereocenters. The standard InChI is InChI=1S/C25H34N2O2/c1-4-27-12-9-18(26-27)13-16-14-22-20-6-5-17-15-19(28)7-10-24(17,2)21(20)8-11-25(22,3)23(16)29/h5,9,12-13,19-22,28H,4,6-8,10-11,14-15H2,1-3H3/b16-13+/t19-,20+,21-,22-,24-,25-/m0/s1. The molecule has 0 saturated heterocycles. The van der Waals surface area contributed by atoms with E-state index in [4.69, 9.17) is 0 Å². The molecule has 1 aromatic rings. The molecule has 156 valence electrons. The molecule has 0 bridgehead atoms. The smallest absolute Gasteiger partial charge is 0.165 e. The Balaban J connectivity index is 1.46. The summed E-state index contributed by atoms with van der Waals surface area (Å²) in [6, 6.07) is 2.01. The molecule has 0 unspecified atom stereocenters. The van der Waals surface area contributed by atoms with Gasteiger partial charge in [0, 0.05) is 18.2 Å². The van der Waals surface area contributed by atoms with Gasteiger partial charge in [0.2, 0.25) is 0 Å². The number of allylic oxidation sites excluding steroid dienone is 2. The van der Waals surface area contributed by atoms with Crippen molar-refractivity contribution in [3.63, 3.8) is 0 Å². The predicted molar refractivity (Wildman–Crippen MR) is 114 cm³/mol. The average molecular weight is 395 g/mol. The van der Waals surface area contributed by atoms with Gasteiger partial charge in [0.05, 0.1) is 11.8 Å². The molecule has 3 fully saturated rings. The second-order valence-corrected chi connectivity index (χ2v) is 10.4. The maximum Gasteiger partial charge on any atom is 0.165 e. The lowest BCUT2D eigenvalue weighted by Gasteiger charge is -2.56. The number of nitrogens with zero attached hydrogens (tertiary/aromatic N) is 2. The van der Waals surface area contributed by atoms with E-state index >= 15 is 0 Å². The minimum atomic E-state index is -0.212. The fraction of sp³-hybridized carbons (Fsp3) is 0.680. The number of aliphatic hydroxyl groups excluding tert-OH is 1. The third kappa shape index (κ3) is 2.82. The van der Waals surface area contributed by atoms with E-state index in [2.05, 4.69) is 38.0 Å². The van der Waals surface area contributed by atoms with E-state index in [1.54, 1.807) is 0 Å². The molecule has 0 radical (unpaired) electrons. The molecular weight excluding hydrogens is 360 g/mol. The van der Waals surface area contributed by atoms with Crippen molar-refractivity contribution in [2.75, 3.05) is 0 Å². The summed E-state index contributed by atoms with van der Waals surface area (Å²) >= 11 is 0. The number of aryl methyl sites for hydroxylation is 1. The maximum absolute atomic E-state index is 13.5. The molecule has 0 aliphatic heterocycles. The average Bonchev–Trinajstić information content (AvgIpc) is 3.26. The van der Waals surface area contributed by atoms with Gasteiger partial charge in [-0.2, -0.15) is 5.10 Å². The first kappa shape index (κ1) is 19.3. The van der Waals surface area contributed by atoms with Crippen LogP contribution in [0.15, 0.2) is 29.5 Å². The highest BCUT2D eigenvalue weighted by Crippen LogP contribution is 2.64. The van der Waals surface area contributed by atoms with E-state index < -0.39 is 0 Å². The third-order valence-electron chi connectivity index (χ3n) is 9.03. The van der Waals surface area contributed by atoms with E-state index in [0.717, 1.165) is 62.8 Å². The molecule has 29 heavy (non-hydrogen) atoms. The number of carbonyl (C=O) groups excluding carboxylic acids is 1. The predicted octanol–water partition coefficient (Wildman–Crippen LogP) is 4.79. The lowest BCUT2D eigenvalue weighted by atomic mass is 9.48. The van der Waals surface area contributed by atoms with Crippen molar-refractivity contribution in [1.82, 2.24) is 9.78 Å². The molecule has 5 rings (SSSR count). The van der Waals surface area contributed by atoms with Crippen LogP contribution < -0.4 is 0 Å². The van der Waals surface area contributed by atoms with Gasteiger partial charge in [-0.3, -0.25) is 9.48 Å². The molecule has 4 aliphatic rings. The van der Waals surface area contributed by atoms with Gasteiger partial charge in [0.15, 0.2) is 5.78 Å². The Kier molecular flexibility index (Phi) is 4.43. The van der Waals surface area contributed by atoms with Gasteiger partial charge in [0.25, 0.3) is 0 Å². The van der Waals surface area contributed by atoms with Crippen molar-refractivity contribution in [3.05, 3.63) is 35.2 Å². The van der Waals surface area contributed by atoms with Crippen LogP contribution in [0.5, 0.6) is 0 Å². The molecule has 3 saturated carbocycles. The maximum atomic E-state index is 13.5. The number of aliphatic hydroxyl groups is 1. The fourth-order valence-corrected chi connectivity index (χ4v) is 7.25. The number of hydrogen-bond donors (Lipinski definition) is 1. The quantitative estimate of drug-likeness (QED) is 0.580. The van der Waals surface area contributed by atoms with Gasteiger partial charge in [-0.1, -0.05) is 25.5 Å². The van der Waals surface area contributed by atoms with Gasteiger partial charge in [0.1, 0.15) is 0 Å². The molecule has 0 aromatic carbocycles. The molecule has 1 heterocycles. The number of rotatable bonds is 2. The summed E-state index contributed by atoms with van der Waals surface area (Å²) < 4.78 is 1.92. The SMILES string of the molecule is CCn1ccc(/C=C2\C[C@H]3[C@@H]4CC=C5C[C@@H](O)CC[C@]5(C)[C@H]4CC[C@]3(C)C2=O)n1. The lowest BCUT2D eigenvalue weighted by Crippen LogP contribution is -2.50. The topological polar surface area (TPSA) is 55.1 Å². The summed E-state index contributed by atoms with van der Waals surface area (Å²) in [5.74, 6) is 2.04. The highest BCUT2D eigenvalue weighted by atomic mass is 16.3. The van der Waals surface area contributed by atoms with Crippen LogP contribution >= 0.6 is 0 Å². The minimum Gasteiger partial charge on any atom is -0.393 e. The van der Waals surface area contributed by atoms with Crippen molar-refractivity contribution in [3.8, 4) is 0 Å². The van der Waals surface area contributed by atoms with Gasteiger partial charge >= 0.3 is 0 Å². The van der Waals surface area contributed by atoms with Crippen molar-refractivity contribution < 1.29 is 9.90 Å². The fourth-order valence-electron chi connectivity index (χ4n) is 7.25. The molecule has 4 nitrogen and oxygen atoms in total. The highest BCUT2D eigenvalue weighted by molar-refractivity contribution is 6.05. The number of fused-ring (bicyclic) bond motifs is 5. The van der Waals surface area contributed by atoms with E-state index in [9.17, 15) is 9.90 Å². The molecule has 1 N–H and O–H groups in total. The largest absolute Gasteiger partial charge is 0.393 e. The molecule has 1 aromatic heterocycles. The Hall–Kier alpha value is -1.68. The molecular formula is C25H34N2O2. The van der Waals surface area contributed by atoms with Crippen molar-refractivity contribution >= 4 is 11.9 Å². The Labute approximate surface area is 174 Å². The van der Waals surface area contributed by atoms with E-state index in [0.29, 0.717) is 23.5 Å². The Bertz CT molecular complexity index is 896. The van der Waals surface area contributed by atoms with Crippen LogP contribution in [0.1, 0.15) is 71.4 Å².